The van der Waals surface area contributed by atoms with Crippen LogP contribution in [-0.2, 0) is 0 Å². The Morgan fingerprint density at radius 1 is 1.10 bits per heavy atom. The molecule has 6 heteroatoms. The molecule has 0 spiro atoms. The molecule has 0 saturated carbocycles. The van der Waals surface area contributed by atoms with Crippen LogP contribution in [-0.4, -0.2) is 64.9 Å². The Morgan fingerprint density at radius 3 is 2.52 bits per heavy atom. The van der Waals surface area contributed by atoms with E-state index < -0.39 is 0 Å². The number of amides is 1. The first-order valence-corrected chi connectivity index (χ1v) is 10.4. The number of carbonyl (C=O) groups excluding carboxylic acids is 1. The van der Waals surface area contributed by atoms with Gasteiger partial charge in [0.25, 0.3) is 5.91 Å². The van der Waals surface area contributed by atoms with Gasteiger partial charge in [0.05, 0.1) is 12.4 Å². The van der Waals surface area contributed by atoms with Gasteiger partial charge in [0, 0.05) is 39.3 Å². The van der Waals surface area contributed by atoms with Crippen LogP contribution in [0.3, 0.4) is 0 Å². The largest absolute Gasteiger partial charge is 0.369 e. The standard InChI is InChI=1S/C23H31N5O/c1-19(2)10-11-24-22-18-25-21(17-26-22)23(29)28-15-13-27(14-16-28)12-6-9-20-7-4-3-5-8-20/h3-9,17-19H,10-16H2,1-2H3,(H,24,26)/b9-6+. The maximum atomic E-state index is 12.7. The number of aromatic nitrogens is 2. The van der Waals surface area contributed by atoms with Crippen molar-refractivity contribution in [2.75, 3.05) is 44.6 Å². The van der Waals surface area contributed by atoms with Crippen molar-refractivity contribution in [3.63, 3.8) is 0 Å². The van der Waals surface area contributed by atoms with Crippen molar-refractivity contribution >= 4 is 17.8 Å². The predicted molar refractivity (Wildman–Crippen MR) is 118 cm³/mol. The van der Waals surface area contributed by atoms with Crippen LogP contribution in [0.15, 0.2) is 48.8 Å². The van der Waals surface area contributed by atoms with E-state index in [1.165, 1.54) is 5.56 Å². The summed E-state index contributed by atoms with van der Waals surface area (Å²) >= 11 is 0. The van der Waals surface area contributed by atoms with Gasteiger partial charge in [0.2, 0.25) is 0 Å². The van der Waals surface area contributed by atoms with Crippen LogP contribution >= 0.6 is 0 Å². The molecular formula is C23H31N5O. The van der Waals surface area contributed by atoms with Crippen LogP contribution in [0.1, 0.15) is 36.3 Å². The van der Waals surface area contributed by atoms with Crippen LogP contribution in [0.2, 0.25) is 0 Å². The number of benzene rings is 1. The highest BCUT2D eigenvalue weighted by Gasteiger charge is 2.22. The minimum atomic E-state index is -0.0364. The fourth-order valence-electron chi connectivity index (χ4n) is 3.22. The lowest BCUT2D eigenvalue weighted by Crippen LogP contribution is -2.48. The van der Waals surface area contributed by atoms with E-state index in [4.69, 9.17) is 0 Å². The molecule has 1 aliphatic rings. The van der Waals surface area contributed by atoms with Gasteiger partial charge < -0.3 is 10.2 Å². The Hall–Kier alpha value is -2.73. The predicted octanol–water partition coefficient (Wildman–Crippen LogP) is 3.41. The molecule has 3 rings (SSSR count). The van der Waals surface area contributed by atoms with Gasteiger partial charge in [-0.2, -0.15) is 0 Å². The Balaban J connectivity index is 1.43. The Bertz CT molecular complexity index is 781. The topological polar surface area (TPSA) is 61.4 Å². The molecule has 6 nitrogen and oxygen atoms in total. The van der Waals surface area contributed by atoms with E-state index in [1.807, 2.05) is 23.1 Å². The van der Waals surface area contributed by atoms with E-state index in [-0.39, 0.29) is 5.91 Å². The van der Waals surface area contributed by atoms with Crippen molar-refractivity contribution < 1.29 is 4.79 Å². The normalized spacial score (nSPS) is 15.2. The summed E-state index contributed by atoms with van der Waals surface area (Å²) < 4.78 is 0. The second-order valence-corrected chi connectivity index (χ2v) is 7.80. The fraction of sp³-hybridized carbons (Fsp3) is 0.435. The van der Waals surface area contributed by atoms with E-state index in [2.05, 4.69) is 58.3 Å². The summed E-state index contributed by atoms with van der Waals surface area (Å²) in [6.45, 7) is 9.30. The molecule has 154 valence electrons. The Kier molecular flexibility index (Phi) is 7.76. The third-order valence-corrected chi connectivity index (χ3v) is 5.03. The molecule has 1 aliphatic heterocycles. The highest BCUT2D eigenvalue weighted by molar-refractivity contribution is 5.92. The monoisotopic (exact) mass is 393 g/mol. The second-order valence-electron chi connectivity index (χ2n) is 7.80. The number of nitrogens with one attached hydrogen (secondary N) is 1. The lowest BCUT2D eigenvalue weighted by molar-refractivity contribution is 0.0644. The highest BCUT2D eigenvalue weighted by atomic mass is 16.2. The number of anilines is 1. The molecule has 0 atom stereocenters. The minimum Gasteiger partial charge on any atom is -0.369 e. The highest BCUT2D eigenvalue weighted by Crippen LogP contribution is 2.09. The Morgan fingerprint density at radius 2 is 1.86 bits per heavy atom. The molecule has 0 unspecified atom stereocenters. The van der Waals surface area contributed by atoms with Gasteiger partial charge in [-0.1, -0.05) is 56.3 Å². The molecular weight excluding hydrogens is 362 g/mol. The number of piperazine rings is 1. The van der Waals surface area contributed by atoms with Crippen molar-refractivity contribution in [3.05, 3.63) is 60.1 Å². The van der Waals surface area contributed by atoms with E-state index in [0.29, 0.717) is 24.7 Å². The third kappa shape index (κ3) is 6.68. The SMILES string of the molecule is CC(C)CCNc1cnc(C(=O)N2CCN(C/C=C/c3ccccc3)CC2)cn1. The summed E-state index contributed by atoms with van der Waals surface area (Å²) in [4.78, 5) is 25.6. The first-order chi connectivity index (χ1) is 14.1. The average molecular weight is 394 g/mol. The van der Waals surface area contributed by atoms with E-state index >= 15 is 0 Å². The maximum Gasteiger partial charge on any atom is 0.274 e. The zero-order valence-electron chi connectivity index (χ0n) is 17.4. The van der Waals surface area contributed by atoms with Gasteiger partial charge >= 0.3 is 0 Å². The summed E-state index contributed by atoms with van der Waals surface area (Å²) in [6, 6.07) is 10.3. The van der Waals surface area contributed by atoms with Gasteiger partial charge in [0.1, 0.15) is 11.5 Å². The van der Waals surface area contributed by atoms with Crippen LogP contribution < -0.4 is 5.32 Å². The number of rotatable bonds is 8. The van der Waals surface area contributed by atoms with Gasteiger partial charge in [-0.3, -0.25) is 9.69 Å². The summed E-state index contributed by atoms with van der Waals surface area (Å²) in [6.07, 6.45) is 8.63. The molecule has 2 heterocycles. The summed E-state index contributed by atoms with van der Waals surface area (Å²) in [5, 5.41) is 3.25. The number of hydrogen-bond acceptors (Lipinski definition) is 5. The first-order valence-electron chi connectivity index (χ1n) is 10.4. The van der Waals surface area contributed by atoms with Crippen LogP contribution in [0.4, 0.5) is 5.82 Å². The smallest absolute Gasteiger partial charge is 0.274 e. The third-order valence-electron chi connectivity index (χ3n) is 5.03. The number of hydrogen-bond donors (Lipinski definition) is 1. The lowest BCUT2D eigenvalue weighted by Gasteiger charge is -2.33. The Labute approximate surface area is 173 Å². The fourth-order valence-corrected chi connectivity index (χ4v) is 3.22. The first kappa shape index (κ1) is 21.0. The van der Waals surface area contributed by atoms with Gasteiger partial charge in [-0.05, 0) is 17.9 Å². The summed E-state index contributed by atoms with van der Waals surface area (Å²) in [5.74, 6) is 1.33. The van der Waals surface area contributed by atoms with Crippen molar-refractivity contribution in [1.82, 2.24) is 19.8 Å². The lowest BCUT2D eigenvalue weighted by atomic mass is 10.1. The average Bonchev–Trinajstić information content (AvgIpc) is 2.75. The number of nitrogens with zero attached hydrogens (tertiary/aromatic N) is 4. The second kappa shape index (κ2) is 10.7. The minimum absolute atomic E-state index is 0.0364. The molecule has 0 aliphatic carbocycles. The van der Waals surface area contributed by atoms with Crippen molar-refractivity contribution in [1.29, 1.82) is 0 Å². The van der Waals surface area contributed by atoms with Crippen molar-refractivity contribution in [3.8, 4) is 0 Å². The molecule has 1 amide bonds. The molecule has 1 aromatic heterocycles. The zero-order valence-corrected chi connectivity index (χ0v) is 17.4. The summed E-state index contributed by atoms with van der Waals surface area (Å²) in [7, 11) is 0. The van der Waals surface area contributed by atoms with E-state index in [0.717, 1.165) is 38.4 Å². The molecule has 1 aromatic carbocycles. The molecule has 2 aromatic rings. The molecule has 1 saturated heterocycles. The maximum absolute atomic E-state index is 12.7. The van der Waals surface area contributed by atoms with E-state index in [9.17, 15) is 4.79 Å². The molecule has 0 radical (unpaired) electrons. The van der Waals surface area contributed by atoms with Crippen molar-refractivity contribution in [2.24, 2.45) is 5.92 Å². The van der Waals surface area contributed by atoms with Crippen LogP contribution in [0.25, 0.3) is 6.08 Å². The summed E-state index contributed by atoms with van der Waals surface area (Å²) in [5.41, 5.74) is 1.62. The van der Waals surface area contributed by atoms with Gasteiger partial charge in [-0.25, -0.2) is 9.97 Å². The number of carbonyl (C=O) groups is 1. The van der Waals surface area contributed by atoms with Gasteiger partial charge in [0.15, 0.2) is 0 Å². The van der Waals surface area contributed by atoms with Crippen molar-refractivity contribution in [2.45, 2.75) is 20.3 Å². The molecule has 0 bridgehead atoms. The van der Waals surface area contributed by atoms with E-state index in [1.54, 1.807) is 12.4 Å². The zero-order chi connectivity index (χ0) is 20.5. The van der Waals surface area contributed by atoms with Crippen LogP contribution in [0.5, 0.6) is 0 Å². The van der Waals surface area contributed by atoms with Crippen LogP contribution in [0, 0.1) is 5.92 Å². The quantitative estimate of drug-likeness (QED) is 0.745. The molecule has 1 N–H and O–H groups in total. The molecule has 1 fully saturated rings. The van der Waals surface area contributed by atoms with Gasteiger partial charge in [-0.15, -0.1) is 0 Å². The molecule has 29 heavy (non-hydrogen) atoms.